The zero-order chi connectivity index (χ0) is 26.9. The number of imidazole rings is 1. The van der Waals surface area contributed by atoms with Gasteiger partial charge in [0.1, 0.15) is 5.65 Å². The number of amides is 1. The van der Waals surface area contributed by atoms with Gasteiger partial charge >= 0.3 is 6.18 Å². The predicted molar refractivity (Wildman–Crippen MR) is 142 cm³/mol. The lowest BCUT2D eigenvalue weighted by molar-refractivity contribution is -0.137. The average molecular weight is 521 g/mol. The maximum atomic E-state index is 13.3. The van der Waals surface area contributed by atoms with Crippen LogP contribution in [0.3, 0.4) is 0 Å². The maximum absolute atomic E-state index is 13.3. The number of carbonyl (C=O) groups excluding carboxylic acids is 1. The van der Waals surface area contributed by atoms with E-state index in [1.165, 1.54) is 12.1 Å². The molecule has 2 aromatic heterocycles. The molecule has 38 heavy (non-hydrogen) atoms. The molecule has 0 atom stereocenters. The minimum absolute atomic E-state index is 0.199. The summed E-state index contributed by atoms with van der Waals surface area (Å²) in [4.78, 5) is 21.7. The lowest BCUT2D eigenvalue weighted by Crippen LogP contribution is -2.48. The lowest BCUT2D eigenvalue weighted by Gasteiger charge is -2.35. The number of hydrogen-bond donors (Lipinski definition) is 0. The first-order valence-corrected chi connectivity index (χ1v) is 12.9. The molecule has 3 heterocycles. The predicted octanol–water partition coefficient (Wildman–Crippen LogP) is 6.38. The fourth-order valence-corrected chi connectivity index (χ4v) is 4.96. The van der Waals surface area contributed by atoms with Crippen LogP contribution in [0.2, 0.25) is 0 Å². The summed E-state index contributed by atoms with van der Waals surface area (Å²) in [5.74, 6) is 0.531. The molecule has 4 aromatic rings. The molecular weight excluding hydrogens is 489 g/mol. The first kappa shape index (κ1) is 26.0. The third-order valence-corrected chi connectivity index (χ3v) is 6.97. The average Bonchev–Trinajstić information content (AvgIpc) is 3.26. The molecule has 1 fully saturated rings. The van der Waals surface area contributed by atoms with Gasteiger partial charge in [0.15, 0.2) is 0 Å². The van der Waals surface area contributed by atoms with Gasteiger partial charge in [-0.25, -0.2) is 4.98 Å². The van der Waals surface area contributed by atoms with E-state index in [1.807, 2.05) is 58.0 Å². The molecule has 0 bridgehead atoms. The highest BCUT2D eigenvalue weighted by Crippen LogP contribution is 2.33. The number of alkyl halides is 3. The van der Waals surface area contributed by atoms with Crippen molar-refractivity contribution in [3.8, 4) is 22.4 Å². The van der Waals surface area contributed by atoms with Gasteiger partial charge in [-0.15, -0.1) is 0 Å². The summed E-state index contributed by atoms with van der Waals surface area (Å²) in [5.41, 5.74) is 4.06. The van der Waals surface area contributed by atoms with E-state index in [9.17, 15) is 18.0 Å². The van der Waals surface area contributed by atoms with Crippen molar-refractivity contribution in [1.82, 2.24) is 19.2 Å². The Bertz CT molecular complexity index is 1420. The summed E-state index contributed by atoms with van der Waals surface area (Å²) >= 11 is 0. The van der Waals surface area contributed by atoms with E-state index in [0.717, 1.165) is 41.8 Å². The molecule has 0 N–H and O–H groups in total. The molecule has 198 valence electrons. The highest BCUT2D eigenvalue weighted by Gasteiger charge is 2.30. The third kappa shape index (κ3) is 5.60. The molecule has 0 radical (unpaired) electrons. The van der Waals surface area contributed by atoms with Crippen LogP contribution in [-0.4, -0.2) is 51.3 Å². The smallest absolute Gasteiger partial charge is 0.340 e. The van der Waals surface area contributed by atoms with Crippen molar-refractivity contribution < 1.29 is 18.0 Å². The van der Waals surface area contributed by atoms with Gasteiger partial charge < -0.3 is 9.30 Å². The van der Waals surface area contributed by atoms with Crippen molar-refractivity contribution in [3.05, 3.63) is 84.2 Å². The van der Waals surface area contributed by atoms with Crippen molar-refractivity contribution in [1.29, 1.82) is 0 Å². The van der Waals surface area contributed by atoms with E-state index >= 15 is 0 Å². The summed E-state index contributed by atoms with van der Waals surface area (Å²) in [6.07, 6.45) is -1.97. The van der Waals surface area contributed by atoms with E-state index in [2.05, 4.69) is 18.7 Å². The van der Waals surface area contributed by atoms with Gasteiger partial charge in [-0.1, -0.05) is 56.3 Å². The van der Waals surface area contributed by atoms with Gasteiger partial charge in [-0.05, 0) is 41.3 Å². The fourth-order valence-electron chi connectivity index (χ4n) is 4.96. The number of rotatable bonds is 6. The molecule has 0 saturated carbocycles. The largest absolute Gasteiger partial charge is 0.416 e. The molecule has 2 aromatic carbocycles. The zero-order valence-electron chi connectivity index (χ0n) is 21.6. The molecule has 5 nitrogen and oxygen atoms in total. The highest BCUT2D eigenvalue weighted by atomic mass is 19.4. The van der Waals surface area contributed by atoms with Crippen LogP contribution in [-0.2, 0) is 17.5 Å². The van der Waals surface area contributed by atoms with E-state index < -0.39 is 11.7 Å². The number of carbonyl (C=O) groups is 1. The molecule has 1 aliphatic heterocycles. The van der Waals surface area contributed by atoms with Crippen LogP contribution in [0.5, 0.6) is 0 Å². The van der Waals surface area contributed by atoms with E-state index in [-0.39, 0.29) is 5.91 Å². The van der Waals surface area contributed by atoms with Crippen molar-refractivity contribution in [2.24, 2.45) is 5.92 Å². The van der Waals surface area contributed by atoms with Crippen molar-refractivity contribution in [2.75, 3.05) is 26.2 Å². The number of piperazine rings is 1. The summed E-state index contributed by atoms with van der Waals surface area (Å²) in [7, 11) is 0. The normalized spacial score (nSPS) is 14.9. The summed E-state index contributed by atoms with van der Waals surface area (Å²) in [5, 5.41) is 0. The Kier molecular flexibility index (Phi) is 7.25. The molecule has 5 rings (SSSR count). The van der Waals surface area contributed by atoms with Crippen LogP contribution in [0, 0.1) is 5.92 Å². The molecule has 0 spiro atoms. The third-order valence-electron chi connectivity index (χ3n) is 6.97. The Hall–Kier alpha value is -3.65. The van der Waals surface area contributed by atoms with E-state index in [4.69, 9.17) is 4.98 Å². The van der Waals surface area contributed by atoms with E-state index in [1.54, 1.807) is 6.07 Å². The van der Waals surface area contributed by atoms with Gasteiger partial charge in [-0.3, -0.25) is 9.69 Å². The van der Waals surface area contributed by atoms with Crippen LogP contribution < -0.4 is 0 Å². The van der Waals surface area contributed by atoms with Gasteiger partial charge in [-0.2, -0.15) is 13.2 Å². The monoisotopic (exact) mass is 520 g/mol. The Balaban J connectivity index is 1.48. The van der Waals surface area contributed by atoms with Crippen molar-refractivity contribution in [3.63, 3.8) is 0 Å². The first-order valence-electron chi connectivity index (χ1n) is 12.9. The molecule has 1 aliphatic rings. The Morgan fingerprint density at radius 1 is 0.895 bits per heavy atom. The van der Waals surface area contributed by atoms with Gasteiger partial charge in [0.05, 0.1) is 17.0 Å². The molecule has 1 amide bonds. The van der Waals surface area contributed by atoms with Gasteiger partial charge in [0.2, 0.25) is 5.91 Å². The van der Waals surface area contributed by atoms with Crippen LogP contribution >= 0.6 is 0 Å². The number of nitrogens with zero attached hydrogens (tertiary/aromatic N) is 4. The summed E-state index contributed by atoms with van der Waals surface area (Å²) < 4.78 is 42.0. The van der Waals surface area contributed by atoms with Crippen LogP contribution in [0.15, 0.2) is 72.9 Å². The second kappa shape index (κ2) is 10.6. The van der Waals surface area contributed by atoms with Crippen molar-refractivity contribution in [2.45, 2.75) is 33.0 Å². The minimum atomic E-state index is -4.40. The van der Waals surface area contributed by atoms with Gasteiger partial charge in [0.25, 0.3) is 0 Å². The number of hydrogen-bond acceptors (Lipinski definition) is 3. The number of pyridine rings is 1. The number of aromatic nitrogens is 2. The second-order valence-electron chi connectivity index (χ2n) is 10.3. The quantitative estimate of drug-likeness (QED) is 0.296. The highest BCUT2D eigenvalue weighted by molar-refractivity contribution is 5.76. The first-order chi connectivity index (χ1) is 18.2. The minimum Gasteiger partial charge on any atom is -0.340 e. The second-order valence-corrected chi connectivity index (χ2v) is 10.3. The zero-order valence-corrected chi connectivity index (χ0v) is 21.6. The Morgan fingerprint density at radius 3 is 2.29 bits per heavy atom. The molecule has 0 unspecified atom stereocenters. The Labute approximate surface area is 220 Å². The summed E-state index contributed by atoms with van der Waals surface area (Å²) in [6, 6.07) is 19.0. The Morgan fingerprint density at radius 2 is 1.61 bits per heavy atom. The van der Waals surface area contributed by atoms with Crippen LogP contribution in [0.25, 0.3) is 28.0 Å². The lowest BCUT2D eigenvalue weighted by atomic mass is 10.0. The van der Waals surface area contributed by atoms with Crippen LogP contribution in [0.4, 0.5) is 13.2 Å². The van der Waals surface area contributed by atoms with Crippen LogP contribution in [0.1, 0.15) is 31.5 Å². The maximum Gasteiger partial charge on any atom is 0.416 e. The SMILES string of the molecule is CC(C)CC(=O)N1CCN(Cc2c(-c3ccccc3)nc3ccc(-c4cccc(C(F)(F)F)c4)cn23)CC1. The van der Waals surface area contributed by atoms with E-state index in [0.29, 0.717) is 43.1 Å². The molecule has 0 aliphatic carbocycles. The number of benzene rings is 2. The van der Waals surface area contributed by atoms with Crippen molar-refractivity contribution >= 4 is 11.6 Å². The molecular formula is C30H31F3N4O. The number of halogens is 3. The molecule has 1 saturated heterocycles. The van der Waals surface area contributed by atoms with Gasteiger partial charge in [0, 0.05) is 50.9 Å². The standard InChI is InChI=1S/C30H31F3N4O/c1-21(2)17-28(38)36-15-13-35(14-16-36)20-26-29(22-7-4-3-5-8-22)34-27-12-11-24(19-37(26)27)23-9-6-10-25(18-23)30(31,32)33/h3-12,18-19,21H,13-17,20H2,1-2H3. The number of fused-ring (bicyclic) bond motifs is 1. The summed E-state index contributed by atoms with van der Waals surface area (Å²) in [6.45, 7) is 7.58. The fraction of sp³-hybridized carbons (Fsp3) is 0.333. The topological polar surface area (TPSA) is 40.9 Å². The molecule has 8 heteroatoms.